The van der Waals surface area contributed by atoms with E-state index in [1.54, 1.807) is 0 Å². The van der Waals surface area contributed by atoms with Crippen molar-refractivity contribution in [1.82, 2.24) is 10.2 Å². The fourth-order valence-corrected chi connectivity index (χ4v) is 6.24. The van der Waals surface area contributed by atoms with Crippen LogP contribution >= 0.6 is 0 Å². The lowest BCUT2D eigenvalue weighted by atomic mass is 9.42. The third-order valence-electron chi connectivity index (χ3n) is 6.77. The lowest BCUT2D eigenvalue weighted by Gasteiger charge is -2.61. The molecule has 4 saturated carbocycles. The van der Waals surface area contributed by atoms with E-state index in [-0.39, 0.29) is 10.8 Å². The van der Waals surface area contributed by atoms with Crippen LogP contribution in [-0.4, -0.2) is 38.0 Å². The topological polar surface area (TPSA) is 32.3 Å². The maximum atomic E-state index is 13.1. The normalized spacial score (nSPS) is 37.0. The Balaban J connectivity index is 1.58. The average molecular weight is 326 g/mol. The largest absolute Gasteiger partial charge is 0.354 e. The number of benzene rings is 1. The lowest BCUT2D eigenvalue weighted by molar-refractivity contribution is -0.149. The van der Waals surface area contributed by atoms with Gasteiger partial charge in [0.1, 0.15) is 0 Å². The number of hydrogen-bond acceptors (Lipinski definition) is 2. The van der Waals surface area contributed by atoms with Crippen molar-refractivity contribution in [2.24, 2.45) is 17.3 Å². The standard InChI is InChI=1S/C21H30N2O/c1-23(2)9-8-22-19(24)21-13-16-10-17(14-21)12-20(11-16,15-21)18-6-4-3-5-7-18/h3-7,16-17H,8-15H2,1-2H3,(H,22,24). The molecule has 0 spiro atoms. The first-order valence-electron chi connectivity index (χ1n) is 9.50. The zero-order valence-electron chi connectivity index (χ0n) is 15.1. The van der Waals surface area contributed by atoms with Crippen LogP contribution in [-0.2, 0) is 10.2 Å². The first-order chi connectivity index (χ1) is 11.5. The Morgan fingerprint density at radius 2 is 1.79 bits per heavy atom. The predicted molar refractivity (Wildman–Crippen MR) is 96.8 cm³/mol. The molecule has 1 aromatic carbocycles. The molecule has 1 N–H and O–H groups in total. The Kier molecular flexibility index (Phi) is 3.95. The van der Waals surface area contributed by atoms with Gasteiger partial charge in [0.05, 0.1) is 5.41 Å². The summed E-state index contributed by atoms with van der Waals surface area (Å²) in [6.45, 7) is 1.68. The van der Waals surface area contributed by atoms with Gasteiger partial charge in [0.15, 0.2) is 0 Å². The number of nitrogens with zero attached hydrogens (tertiary/aromatic N) is 1. The van der Waals surface area contributed by atoms with Crippen molar-refractivity contribution >= 4 is 5.91 Å². The molecule has 4 fully saturated rings. The number of carbonyl (C=O) groups excluding carboxylic acids is 1. The smallest absolute Gasteiger partial charge is 0.226 e. The molecule has 4 aliphatic rings. The van der Waals surface area contributed by atoms with Crippen LogP contribution in [0.5, 0.6) is 0 Å². The van der Waals surface area contributed by atoms with Crippen LogP contribution in [0, 0.1) is 17.3 Å². The molecule has 0 heterocycles. The Morgan fingerprint density at radius 3 is 2.42 bits per heavy atom. The predicted octanol–water partition coefficient (Wildman–Crippen LogP) is 3.20. The summed E-state index contributed by atoms with van der Waals surface area (Å²) in [6, 6.07) is 11.0. The average Bonchev–Trinajstić information content (AvgIpc) is 2.54. The molecule has 4 bridgehead atoms. The van der Waals surface area contributed by atoms with Crippen molar-refractivity contribution in [2.45, 2.75) is 43.9 Å². The second-order valence-electron chi connectivity index (χ2n) is 8.95. The molecule has 0 aromatic heterocycles. The van der Waals surface area contributed by atoms with Crippen molar-refractivity contribution in [3.8, 4) is 0 Å². The summed E-state index contributed by atoms with van der Waals surface area (Å²) in [5.41, 5.74) is 1.63. The van der Waals surface area contributed by atoms with Gasteiger partial charge >= 0.3 is 0 Å². The number of likely N-dealkylation sites (N-methyl/N-ethyl adjacent to an activating group) is 1. The fraction of sp³-hybridized carbons (Fsp3) is 0.667. The Hall–Kier alpha value is -1.35. The van der Waals surface area contributed by atoms with Gasteiger partial charge in [0, 0.05) is 13.1 Å². The SMILES string of the molecule is CN(C)CCNC(=O)C12CC3CC(C1)CC(c1ccccc1)(C3)C2. The molecule has 130 valence electrons. The summed E-state index contributed by atoms with van der Waals surface area (Å²) >= 11 is 0. The monoisotopic (exact) mass is 326 g/mol. The van der Waals surface area contributed by atoms with E-state index in [0.717, 1.165) is 44.2 Å². The van der Waals surface area contributed by atoms with E-state index in [1.807, 2.05) is 0 Å². The minimum atomic E-state index is -0.105. The maximum absolute atomic E-state index is 13.1. The molecule has 0 saturated heterocycles. The summed E-state index contributed by atoms with van der Waals surface area (Å²) in [6.07, 6.45) is 7.23. The quantitative estimate of drug-likeness (QED) is 0.901. The molecule has 2 atom stereocenters. The van der Waals surface area contributed by atoms with E-state index < -0.39 is 0 Å². The first-order valence-corrected chi connectivity index (χ1v) is 9.50. The molecule has 0 radical (unpaired) electrons. The van der Waals surface area contributed by atoms with Gasteiger partial charge in [-0.15, -0.1) is 0 Å². The molecule has 3 heteroatoms. The second-order valence-corrected chi connectivity index (χ2v) is 8.95. The molecule has 4 aliphatic carbocycles. The van der Waals surface area contributed by atoms with Gasteiger partial charge in [0.25, 0.3) is 0 Å². The van der Waals surface area contributed by atoms with E-state index >= 15 is 0 Å². The zero-order valence-corrected chi connectivity index (χ0v) is 15.1. The van der Waals surface area contributed by atoms with Crippen molar-refractivity contribution in [2.75, 3.05) is 27.2 Å². The van der Waals surface area contributed by atoms with E-state index in [9.17, 15) is 4.79 Å². The highest BCUT2D eigenvalue weighted by molar-refractivity contribution is 5.83. The highest BCUT2D eigenvalue weighted by atomic mass is 16.2. The Bertz CT molecular complexity index is 596. The van der Waals surface area contributed by atoms with Crippen LogP contribution in [0.2, 0.25) is 0 Å². The van der Waals surface area contributed by atoms with Gasteiger partial charge in [-0.25, -0.2) is 0 Å². The first kappa shape index (κ1) is 16.1. The van der Waals surface area contributed by atoms with Gasteiger partial charge in [-0.1, -0.05) is 30.3 Å². The fourth-order valence-electron chi connectivity index (χ4n) is 6.24. The lowest BCUT2D eigenvalue weighted by Crippen LogP contribution is -2.59. The van der Waals surface area contributed by atoms with Crippen LogP contribution in [0.15, 0.2) is 30.3 Å². The van der Waals surface area contributed by atoms with E-state index in [0.29, 0.717) is 5.91 Å². The summed E-state index contributed by atoms with van der Waals surface area (Å²) in [4.78, 5) is 15.3. The van der Waals surface area contributed by atoms with Gasteiger partial charge in [-0.3, -0.25) is 4.79 Å². The van der Waals surface area contributed by atoms with Crippen molar-refractivity contribution < 1.29 is 4.79 Å². The number of carbonyl (C=O) groups is 1. The summed E-state index contributed by atoms with van der Waals surface area (Å²) in [5, 5.41) is 3.26. The van der Waals surface area contributed by atoms with Crippen molar-refractivity contribution in [1.29, 1.82) is 0 Å². The van der Waals surface area contributed by atoms with Crippen LogP contribution in [0.25, 0.3) is 0 Å². The van der Waals surface area contributed by atoms with Crippen LogP contribution in [0.3, 0.4) is 0 Å². The second kappa shape index (κ2) is 5.87. The van der Waals surface area contributed by atoms with Crippen LogP contribution in [0.4, 0.5) is 0 Å². The highest BCUT2D eigenvalue weighted by Crippen LogP contribution is 2.65. The molecule has 5 rings (SSSR count). The number of amides is 1. The molecule has 1 amide bonds. The number of hydrogen-bond donors (Lipinski definition) is 1. The zero-order chi connectivity index (χ0) is 16.8. The molecular formula is C21H30N2O. The summed E-state index contributed by atoms with van der Waals surface area (Å²) < 4.78 is 0. The highest BCUT2D eigenvalue weighted by Gasteiger charge is 2.60. The molecular weight excluding hydrogens is 296 g/mol. The van der Waals surface area contributed by atoms with Crippen molar-refractivity contribution in [3.63, 3.8) is 0 Å². The van der Waals surface area contributed by atoms with Gasteiger partial charge in [-0.05, 0) is 75.4 Å². The molecule has 24 heavy (non-hydrogen) atoms. The number of nitrogens with one attached hydrogen (secondary N) is 1. The number of rotatable bonds is 5. The van der Waals surface area contributed by atoms with Gasteiger partial charge in [-0.2, -0.15) is 0 Å². The van der Waals surface area contributed by atoms with Gasteiger partial charge in [0.2, 0.25) is 5.91 Å². The molecule has 0 aliphatic heterocycles. The minimum absolute atomic E-state index is 0.105. The molecule has 1 aromatic rings. The third kappa shape index (κ3) is 2.67. The van der Waals surface area contributed by atoms with Crippen molar-refractivity contribution in [3.05, 3.63) is 35.9 Å². The van der Waals surface area contributed by atoms with E-state index in [4.69, 9.17) is 0 Å². The molecule has 2 unspecified atom stereocenters. The molecule has 3 nitrogen and oxygen atoms in total. The minimum Gasteiger partial charge on any atom is -0.354 e. The summed E-state index contributed by atoms with van der Waals surface area (Å²) in [5.74, 6) is 1.82. The van der Waals surface area contributed by atoms with Crippen LogP contribution < -0.4 is 5.32 Å². The third-order valence-corrected chi connectivity index (χ3v) is 6.77. The Labute approximate surface area is 145 Å². The maximum Gasteiger partial charge on any atom is 0.226 e. The van der Waals surface area contributed by atoms with E-state index in [1.165, 1.54) is 24.8 Å². The van der Waals surface area contributed by atoms with Gasteiger partial charge < -0.3 is 10.2 Å². The Morgan fingerprint density at radius 1 is 1.12 bits per heavy atom. The van der Waals surface area contributed by atoms with Crippen LogP contribution in [0.1, 0.15) is 44.1 Å². The van der Waals surface area contributed by atoms with E-state index in [2.05, 4.69) is 54.6 Å². The summed E-state index contributed by atoms with van der Waals surface area (Å²) in [7, 11) is 4.11.